The van der Waals surface area contributed by atoms with Crippen molar-refractivity contribution in [3.05, 3.63) is 29.6 Å². The number of carbonyl (C=O) groups is 1. The van der Waals surface area contributed by atoms with Crippen LogP contribution >= 0.6 is 0 Å². The van der Waals surface area contributed by atoms with E-state index in [0.717, 1.165) is 6.07 Å². The summed E-state index contributed by atoms with van der Waals surface area (Å²) < 4.78 is 18.3. The molecule has 1 fully saturated rings. The molecule has 2 rings (SSSR count). The Kier molecular flexibility index (Phi) is 4.57. The van der Waals surface area contributed by atoms with Gasteiger partial charge in [0.2, 0.25) is 0 Å². The second-order valence-electron chi connectivity index (χ2n) is 4.91. The molecular weight excluding hydrogens is 265 g/mol. The Morgan fingerprint density at radius 3 is 2.85 bits per heavy atom. The molecule has 110 valence electrons. The van der Waals surface area contributed by atoms with Crippen molar-refractivity contribution in [3.63, 3.8) is 0 Å². The molecule has 0 bridgehead atoms. The lowest BCUT2D eigenvalue weighted by Crippen LogP contribution is -2.51. The van der Waals surface area contributed by atoms with E-state index in [-0.39, 0.29) is 11.3 Å². The summed E-state index contributed by atoms with van der Waals surface area (Å²) in [7, 11) is 1.39. The normalized spacial score (nSPS) is 26.1. The van der Waals surface area contributed by atoms with Crippen LogP contribution in [0.3, 0.4) is 0 Å². The molecule has 1 aromatic rings. The average Bonchev–Trinajstić information content (AvgIpc) is 2.43. The minimum atomic E-state index is -1.01. The van der Waals surface area contributed by atoms with Crippen molar-refractivity contribution < 1.29 is 24.1 Å². The first-order valence-electron chi connectivity index (χ1n) is 6.53. The van der Waals surface area contributed by atoms with Crippen LogP contribution in [0.25, 0.3) is 0 Å². The molecular formula is C14H18FNO4. The lowest BCUT2D eigenvalue weighted by atomic mass is 9.90. The average molecular weight is 283 g/mol. The summed E-state index contributed by atoms with van der Waals surface area (Å²) in [6, 6.07) is 3.12. The maximum Gasteiger partial charge on any atom is 0.255 e. The van der Waals surface area contributed by atoms with Crippen LogP contribution in [0.2, 0.25) is 0 Å². The van der Waals surface area contributed by atoms with Crippen molar-refractivity contribution in [1.82, 2.24) is 5.32 Å². The van der Waals surface area contributed by atoms with Gasteiger partial charge in [-0.05, 0) is 37.5 Å². The predicted octanol–water partition coefficient (Wildman–Crippen LogP) is 0.838. The number of rotatable bonds is 3. The number of aliphatic hydroxyl groups excluding tert-OH is 2. The Labute approximate surface area is 116 Å². The summed E-state index contributed by atoms with van der Waals surface area (Å²) >= 11 is 0. The largest absolute Gasteiger partial charge is 0.496 e. The van der Waals surface area contributed by atoms with Gasteiger partial charge in [0.25, 0.3) is 5.91 Å². The fourth-order valence-corrected chi connectivity index (χ4v) is 2.42. The van der Waals surface area contributed by atoms with Gasteiger partial charge in [-0.1, -0.05) is 0 Å². The predicted molar refractivity (Wildman–Crippen MR) is 70.1 cm³/mol. The maximum atomic E-state index is 13.2. The number of halogens is 1. The van der Waals surface area contributed by atoms with Gasteiger partial charge in [0.1, 0.15) is 11.6 Å². The fraction of sp³-hybridized carbons (Fsp3) is 0.500. The highest BCUT2D eigenvalue weighted by Crippen LogP contribution is 2.22. The van der Waals surface area contributed by atoms with Crippen LogP contribution in [0.15, 0.2) is 18.2 Å². The number of benzene rings is 1. The number of ether oxygens (including phenoxy) is 1. The molecule has 1 aromatic carbocycles. The third-order valence-electron chi connectivity index (χ3n) is 3.54. The SMILES string of the molecule is COc1ccc(F)cc1C(=O)N[C@@H]1CCC[C@@H](O)[C@@H]1O. The highest BCUT2D eigenvalue weighted by molar-refractivity contribution is 5.97. The summed E-state index contributed by atoms with van der Waals surface area (Å²) in [5.41, 5.74) is 0.0692. The third-order valence-corrected chi connectivity index (χ3v) is 3.54. The zero-order chi connectivity index (χ0) is 14.7. The topological polar surface area (TPSA) is 78.8 Å². The van der Waals surface area contributed by atoms with E-state index in [1.165, 1.54) is 19.2 Å². The molecule has 0 spiro atoms. The third kappa shape index (κ3) is 3.08. The van der Waals surface area contributed by atoms with Crippen molar-refractivity contribution in [2.45, 2.75) is 37.5 Å². The van der Waals surface area contributed by atoms with Gasteiger partial charge < -0.3 is 20.3 Å². The van der Waals surface area contributed by atoms with Crippen LogP contribution in [-0.4, -0.2) is 41.5 Å². The lowest BCUT2D eigenvalue weighted by molar-refractivity contribution is -0.0278. The molecule has 1 amide bonds. The van der Waals surface area contributed by atoms with Crippen molar-refractivity contribution in [2.24, 2.45) is 0 Å². The number of methoxy groups -OCH3 is 1. The number of hydrogen-bond donors (Lipinski definition) is 3. The van der Waals surface area contributed by atoms with Crippen LogP contribution in [0.1, 0.15) is 29.6 Å². The standard InChI is InChI=1S/C14H18FNO4/c1-20-12-6-5-8(15)7-9(12)14(19)16-10-3-2-4-11(17)13(10)18/h5-7,10-11,13,17-18H,2-4H2,1H3,(H,16,19)/t10-,11-,13-/m1/s1. The van der Waals surface area contributed by atoms with E-state index in [0.29, 0.717) is 19.3 Å². The molecule has 3 N–H and O–H groups in total. The van der Waals surface area contributed by atoms with E-state index in [1.807, 2.05) is 0 Å². The van der Waals surface area contributed by atoms with E-state index in [9.17, 15) is 19.4 Å². The molecule has 0 heterocycles. The molecule has 0 aromatic heterocycles. The first-order valence-corrected chi connectivity index (χ1v) is 6.53. The molecule has 6 heteroatoms. The quantitative estimate of drug-likeness (QED) is 0.768. The first-order chi connectivity index (χ1) is 9.52. The Hall–Kier alpha value is -1.66. The van der Waals surface area contributed by atoms with Crippen molar-refractivity contribution >= 4 is 5.91 Å². The Morgan fingerprint density at radius 1 is 1.40 bits per heavy atom. The van der Waals surface area contributed by atoms with Gasteiger partial charge in [0, 0.05) is 0 Å². The maximum absolute atomic E-state index is 13.2. The van der Waals surface area contributed by atoms with Crippen LogP contribution in [-0.2, 0) is 0 Å². The fourth-order valence-electron chi connectivity index (χ4n) is 2.42. The van der Waals surface area contributed by atoms with Gasteiger partial charge >= 0.3 is 0 Å². The highest BCUT2D eigenvalue weighted by atomic mass is 19.1. The molecule has 0 radical (unpaired) electrons. The molecule has 1 saturated carbocycles. The molecule has 20 heavy (non-hydrogen) atoms. The van der Waals surface area contributed by atoms with Gasteiger partial charge in [-0.15, -0.1) is 0 Å². The number of aliphatic hydroxyl groups is 2. The Balaban J connectivity index is 2.13. The number of hydrogen-bond acceptors (Lipinski definition) is 4. The second-order valence-corrected chi connectivity index (χ2v) is 4.91. The summed E-state index contributed by atoms with van der Waals surface area (Å²) in [5.74, 6) is -0.811. The van der Waals surface area contributed by atoms with Gasteiger partial charge in [0.15, 0.2) is 0 Å². The number of amides is 1. The molecule has 5 nitrogen and oxygen atoms in total. The van der Waals surface area contributed by atoms with Crippen LogP contribution in [0, 0.1) is 5.82 Å². The Bertz CT molecular complexity index is 494. The minimum Gasteiger partial charge on any atom is -0.496 e. The molecule has 0 unspecified atom stereocenters. The van der Waals surface area contributed by atoms with Gasteiger partial charge in [0.05, 0.1) is 30.9 Å². The molecule has 3 atom stereocenters. The van der Waals surface area contributed by atoms with E-state index in [1.54, 1.807) is 0 Å². The van der Waals surface area contributed by atoms with E-state index >= 15 is 0 Å². The number of carbonyl (C=O) groups excluding carboxylic acids is 1. The summed E-state index contributed by atoms with van der Waals surface area (Å²) in [4.78, 5) is 12.1. The van der Waals surface area contributed by atoms with Crippen LogP contribution in [0.4, 0.5) is 4.39 Å². The lowest BCUT2D eigenvalue weighted by Gasteiger charge is -2.32. The molecule has 1 aliphatic rings. The van der Waals surface area contributed by atoms with Gasteiger partial charge in [-0.25, -0.2) is 4.39 Å². The van der Waals surface area contributed by atoms with Crippen molar-refractivity contribution in [1.29, 1.82) is 0 Å². The van der Waals surface area contributed by atoms with Gasteiger partial charge in [-0.2, -0.15) is 0 Å². The van der Waals surface area contributed by atoms with Crippen LogP contribution < -0.4 is 10.1 Å². The van der Waals surface area contributed by atoms with E-state index in [2.05, 4.69) is 5.32 Å². The molecule has 1 aliphatic carbocycles. The summed E-state index contributed by atoms with van der Waals surface area (Å²) in [6.45, 7) is 0. The molecule has 0 aliphatic heterocycles. The monoisotopic (exact) mass is 283 g/mol. The molecule has 0 saturated heterocycles. The smallest absolute Gasteiger partial charge is 0.255 e. The van der Waals surface area contributed by atoms with Gasteiger partial charge in [-0.3, -0.25) is 4.79 Å². The second kappa shape index (κ2) is 6.19. The first kappa shape index (κ1) is 14.7. The van der Waals surface area contributed by atoms with Crippen molar-refractivity contribution in [3.8, 4) is 5.75 Å². The summed E-state index contributed by atoms with van der Waals surface area (Å²) in [6.07, 6.45) is -0.0577. The zero-order valence-electron chi connectivity index (χ0n) is 11.2. The number of nitrogens with one attached hydrogen (secondary N) is 1. The zero-order valence-corrected chi connectivity index (χ0v) is 11.2. The Morgan fingerprint density at radius 2 is 2.15 bits per heavy atom. The minimum absolute atomic E-state index is 0.0692. The van der Waals surface area contributed by atoms with Crippen LogP contribution in [0.5, 0.6) is 5.75 Å². The van der Waals surface area contributed by atoms with Crippen molar-refractivity contribution in [2.75, 3.05) is 7.11 Å². The summed E-state index contributed by atoms with van der Waals surface area (Å²) in [5, 5.41) is 22.1. The van der Waals surface area contributed by atoms with E-state index < -0.39 is 30.0 Å². The van der Waals surface area contributed by atoms with E-state index in [4.69, 9.17) is 4.74 Å². The highest BCUT2D eigenvalue weighted by Gasteiger charge is 2.32.